The van der Waals surface area contributed by atoms with Crippen molar-refractivity contribution in [3.05, 3.63) is 89.5 Å². The van der Waals surface area contributed by atoms with Gasteiger partial charge in [-0.3, -0.25) is 0 Å². The first-order chi connectivity index (χ1) is 16.0. The zero-order chi connectivity index (χ0) is 23.2. The van der Waals surface area contributed by atoms with E-state index in [4.69, 9.17) is 4.74 Å². The fraction of sp³-hybridized carbons (Fsp3) is 0.185. The Balaban J connectivity index is 1.49. The fourth-order valence-corrected chi connectivity index (χ4v) is 3.32. The van der Waals surface area contributed by atoms with E-state index in [0.717, 1.165) is 25.3 Å². The quantitative estimate of drug-likeness (QED) is 0.245. The molecule has 33 heavy (non-hydrogen) atoms. The molecule has 1 aromatic heterocycles. The average molecular weight is 446 g/mol. The maximum atomic E-state index is 14.6. The molecule has 0 amide bonds. The van der Waals surface area contributed by atoms with Gasteiger partial charge in [-0.2, -0.15) is 0 Å². The molecule has 0 fully saturated rings. The van der Waals surface area contributed by atoms with Crippen LogP contribution in [0.2, 0.25) is 0 Å². The van der Waals surface area contributed by atoms with Crippen LogP contribution in [0.5, 0.6) is 5.75 Å². The van der Waals surface area contributed by atoms with Gasteiger partial charge in [-0.05, 0) is 48.2 Å². The lowest BCUT2D eigenvalue weighted by atomic mass is 10.1. The van der Waals surface area contributed by atoms with Gasteiger partial charge in [0.15, 0.2) is 23.2 Å². The molecule has 0 N–H and O–H groups in total. The molecule has 4 aromatic rings. The molecule has 3 nitrogen and oxygen atoms in total. The molecule has 0 saturated carbocycles. The molecule has 0 aliphatic heterocycles. The molecule has 6 heteroatoms. The van der Waals surface area contributed by atoms with Crippen molar-refractivity contribution in [1.29, 1.82) is 0 Å². The minimum atomic E-state index is -0.901. The zero-order valence-electron chi connectivity index (χ0n) is 18.0. The van der Waals surface area contributed by atoms with Crippen LogP contribution in [0.1, 0.15) is 37.3 Å². The predicted molar refractivity (Wildman–Crippen MR) is 122 cm³/mol. The summed E-state index contributed by atoms with van der Waals surface area (Å²) < 4.78 is 47.4. The molecule has 0 saturated heterocycles. The average Bonchev–Trinajstić information content (AvgIpc) is 2.84. The van der Waals surface area contributed by atoms with Crippen molar-refractivity contribution in [3.8, 4) is 29.0 Å². The first kappa shape index (κ1) is 22.3. The maximum absolute atomic E-state index is 14.6. The van der Waals surface area contributed by atoms with Gasteiger partial charge in [-0.25, -0.2) is 23.1 Å². The summed E-state index contributed by atoms with van der Waals surface area (Å²) in [6.45, 7) is 2.74. The number of fused-ring (bicyclic) bond motifs is 1. The summed E-state index contributed by atoms with van der Waals surface area (Å²) in [4.78, 5) is 8.52. The normalized spacial score (nSPS) is 10.7. The number of nitrogens with zero attached hydrogens (tertiary/aromatic N) is 2. The van der Waals surface area contributed by atoms with Gasteiger partial charge in [0.05, 0.1) is 24.6 Å². The van der Waals surface area contributed by atoms with Crippen LogP contribution in [0.25, 0.3) is 22.2 Å². The van der Waals surface area contributed by atoms with E-state index in [1.807, 2.05) is 0 Å². The van der Waals surface area contributed by atoms with Gasteiger partial charge < -0.3 is 4.74 Å². The molecule has 0 radical (unpaired) electrons. The SMILES string of the molecule is CCCCCOc1cnc(-c2ccc(C#Cc3ccc4c(F)c(F)ccc4c3)c(F)c2)nc1. The second-order valence-electron chi connectivity index (χ2n) is 7.54. The Kier molecular flexibility index (Phi) is 6.89. The molecule has 1 heterocycles. The first-order valence-corrected chi connectivity index (χ1v) is 10.7. The highest BCUT2D eigenvalue weighted by Gasteiger charge is 2.08. The summed E-state index contributed by atoms with van der Waals surface area (Å²) in [5, 5.41) is 0.694. The Hall–Kier alpha value is -3.85. The van der Waals surface area contributed by atoms with E-state index in [1.165, 1.54) is 18.2 Å². The van der Waals surface area contributed by atoms with E-state index >= 15 is 0 Å². The molecule has 166 valence electrons. The largest absolute Gasteiger partial charge is 0.490 e. The first-order valence-electron chi connectivity index (χ1n) is 10.7. The van der Waals surface area contributed by atoms with Gasteiger partial charge in [-0.1, -0.05) is 43.7 Å². The second kappa shape index (κ2) is 10.2. The van der Waals surface area contributed by atoms with E-state index in [-0.39, 0.29) is 10.9 Å². The molecule has 0 aliphatic rings. The van der Waals surface area contributed by atoms with Crippen LogP contribution in [-0.2, 0) is 0 Å². The third-order valence-corrected chi connectivity index (χ3v) is 5.12. The van der Waals surface area contributed by atoms with Gasteiger partial charge in [-0.15, -0.1) is 0 Å². The van der Waals surface area contributed by atoms with E-state index < -0.39 is 17.5 Å². The molecule has 0 bridgehead atoms. The number of hydrogen-bond acceptors (Lipinski definition) is 3. The van der Waals surface area contributed by atoms with Crippen molar-refractivity contribution < 1.29 is 17.9 Å². The summed E-state index contributed by atoms with van der Waals surface area (Å²) in [6.07, 6.45) is 6.35. The lowest BCUT2D eigenvalue weighted by Gasteiger charge is -2.06. The van der Waals surface area contributed by atoms with Crippen LogP contribution in [0.3, 0.4) is 0 Å². The van der Waals surface area contributed by atoms with E-state index in [2.05, 4.69) is 28.7 Å². The van der Waals surface area contributed by atoms with Crippen LogP contribution < -0.4 is 4.74 Å². The van der Waals surface area contributed by atoms with Crippen LogP contribution in [0.4, 0.5) is 13.2 Å². The molecule has 0 unspecified atom stereocenters. The Morgan fingerprint density at radius 3 is 2.42 bits per heavy atom. The monoisotopic (exact) mass is 446 g/mol. The van der Waals surface area contributed by atoms with Gasteiger partial charge in [0.25, 0.3) is 0 Å². The van der Waals surface area contributed by atoms with E-state index in [9.17, 15) is 13.2 Å². The zero-order valence-corrected chi connectivity index (χ0v) is 18.0. The molecule has 0 atom stereocenters. The molecular weight excluding hydrogens is 425 g/mol. The van der Waals surface area contributed by atoms with Gasteiger partial charge in [0.2, 0.25) is 0 Å². The third kappa shape index (κ3) is 5.32. The smallest absolute Gasteiger partial charge is 0.166 e. The Labute approximate surface area is 190 Å². The summed E-state index contributed by atoms with van der Waals surface area (Å²) in [5.74, 6) is 4.32. The van der Waals surface area contributed by atoms with Crippen LogP contribution in [0, 0.1) is 29.3 Å². The maximum Gasteiger partial charge on any atom is 0.166 e. The molecule has 4 rings (SSSR count). The number of halogens is 3. The van der Waals surface area contributed by atoms with Crippen molar-refractivity contribution in [2.45, 2.75) is 26.2 Å². The Bertz CT molecular complexity index is 1340. The Morgan fingerprint density at radius 1 is 0.848 bits per heavy atom. The minimum absolute atomic E-state index is 0.175. The van der Waals surface area contributed by atoms with E-state index in [0.29, 0.717) is 34.7 Å². The van der Waals surface area contributed by atoms with Crippen LogP contribution >= 0.6 is 0 Å². The molecule has 0 aliphatic carbocycles. The van der Waals surface area contributed by atoms with Crippen LogP contribution in [0.15, 0.2) is 60.9 Å². The van der Waals surface area contributed by atoms with Crippen molar-refractivity contribution in [2.24, 2.45) is 0 Å². The number of hydrogen-bond donors (Lipinski definition) is 0. The van der Waals surface area contributed by atoms with Crippen molar-refractivity contribution in [2.75, 3.05) is 6.61 Å². The molecule has 3 aromatic carbocycles. The standard InChI is InChI=1S/C27H21F3N2O/c1-2-3-4-13-33-22-16-31-27(32-17-22)21-9-8-19(25(29)15-21)7-5-18-6-11-23-20(14-18)10-12-24(28)26(23)30/h6,8-12,14-17H,2-4,13H2,1H3. The number of ether oxygens (including phenoxy) is 1. The van der Waals surface area contributed by atoms with E-state index in [1.54, 1.807) is 36.7 Å². The molecular formula is C27H21F3N2O. The second-order valence-corrected chi connectivity index (χ2v) is 7.54. The molecule has 0 spiro atoms. The number of rotatable bonds is 6. The topological polar surface area (TPSA) is 35.0 Å². The predicted octanol–water partition coefficient (Wildman–Crippen LogP) is 6.68. The fourth-order valence-electron chi connectivity index (χ4n) is 3.32. The lowest BCUT2D eigenvalue weighted by Crippen LogP contribution is -1.99. The Morgan fingerprint density at radius 2 is 1.67 bits per heavy atom. The van der Waals surface area contributed by atoms with Crippen molar-refractivity contribution in [1.82, 2.24) is 9.97 Å². The number of unbranched alkanes of at least 4 members (excludes halogenated alkanes) is 2. The summed E-state index contributed by atoms with van der Waals surface area (Å²) in [6, 6.07) is 11.8. The van der Waals surface area contributed by atoms with Gasteiger partial charge in [0, 0.05) is 16.5 Å². The summed E-state index contributed by atoms with van der Waals surface area (Å²) in [7, 11) is 0. The highest BCUT2D eigenvalue weighted by molar-refractivity contribution is 5.84. The van der Waals surface area contributed by atoms with Gasteiger partial charge >= 0.3 is 0 Å². The lowest BCUT2D eigenvalue weighted by molar-refractivity contribution is 0.304. The summed E-state index contributed by atoms with van der Waals surface area (Å²) in [5.41, 5.74) is 1.30. The van der Waals surface area contributed by atoms with Crippen molar-refractivity contribution in [3.63, 3.8) is 0 Å². The summed E-state index contributed by atoms with van der Waals surface area (Å²) >= 11 is 0. The highest BCUT2D eigenvalue weighted by atomic mass is 19.2. The van der Waals surface area contributed by atoms with Crippen LogP contribution in [-0.4, -0.2) is 16.6 Å². The van der Waals surface area contributed by atoms with Crippen molar-refractivity contribution >= 4 is 10.8 Å². The number of benzene rings is 3. The third-order valence-electron chi connectivity index (χ3n) is 5.12. The number of aromatic nitrogens is 2. The highest BCUT2D eigenvalue weighted by Crippen LogP contribution is 2.22. The minimum Gasteiger partial charge on any atom is -0.490 e. The van der Waals surface area contributed by atoms with Gasteiger partial charge in [0.1, 0.15) is 5.82 Å².